The summed E-state index contributed by atoms with van der Waals surface area (Å²) in [5, 5.41) is 21.1. The van der Waals surface area contributed by atoms with Gasteiger partial charge in [0.05, 0.1) is 19.3 Å². The molecule has 4 aliphatic carbocycles. The van der Waals surface area contributed by atoms with Gasteiger partial charge in [-0.15, -0.1) is 0 Å². The monoisotopic (exact) mass is 448 g/mol. The zero-order valence-electron chi connectivity index (χ0n) is 20.7. The van der Waals surface area contributed by atoms with Crippen LogP contribution < -0.4 is 0 Å². The van der Waals surface area contributed by atoms with Crippen LogP contribution in [0.25, 0.3) is 0 Å². The minimum atomic E-state index is -0.664. The SMILES string of the molecule is COC(=O)CC[C@@H](C)[C@H]1CCC2[C@@H]3C(=O)C(C(C)O)[C@@H]4C[C@H](O)CC[C@]4(C)C3CC[C@@]21C. The second-order valence-corrected chi connectivity index (χ2v) is 12.3. The molecule has 4 rings (SSSR count). The van der Waals surface area contributed by atoms with Gasteiger partial charge in [0.1, 0.15) is 5.78 Å². The van der Waals surface area contributed by atoms with Crippen molar-refractivity contribution in [1.29, 1.82) is 0 Å². The molecule has 4 unspecified atom stereocenters. The molecule has 0 radical (unpaired) electrons. The van der Waals surface area contributed by atoms with Crippen molar-refractivity contribution in [3.05, 3.63) is 0 Å². The third kappa shape index (κ3) is 3.66. The summed E-state index contributed by atoms with van der Waals surface area (Å²) in [4.78, 5) is 25.7. The summed E-state index contributed by atoms with van der Waals surface area (Å²) in [5.74, 6) is 1.59. The van der Waals surface area contributed by atoms with Gasteiger partial charge in [0.15, 0.2) is 0 Å². The highest BCUT2D eigenvalue weighted by atomic mass is 16.5. The molecule has 0 amide bonds. The van der Waals surface area contributed by atoms with E-state index in [-0.39, 0.29) is 46.4 Å². The van der Waals surface area contributed by atoms with Crippen molar-refractivity contribution in [2.75, 3.05) is 7.11 Å². The van der Waals surface area contributed by atoms with Gasteiger partial charge in [0, 0.05) is 18.3 Å². The Hall–Kier alpha value is -0.940. The van der Waals surface area contributed by atoms with Crippen molar-refractivity contribution in [1.82, 2.24) is 0 Å². The fourth-order valence-electron chi connectivity index (χ4n) is 9.26. The summed E-state index contributed by atoms with van der Waals surface area (Å²) in [6.07, 6.45) is 7.12. The first-order valence-corrected chi connectivity index (χ1v) is 13.0. The first-order chi connectivity index (χ1) is 15.0. The van der Waals surface area contributed by atoms with Crippen LogP contribution in [-0.2, 0) is 14.3 Å². The number of aliphatic hydroxyl groups excluding tert-OH is 2. The fraction of sp³-hybridized carbons (Fsp3) is 0.926. The molecule has 0 aromatic carbocycles. The summed E-state index contributed by atoms with van der Waals surface area (Å²) in [6, 6.07) is 0. The minimum absolute atomic E-state index is 0.0232. The van der Waals surface area contributed by atoms with Crippen molar-refractivity contribution >= 4 is 11.8 Å². The summed E-state index contributed by atoms with van der Waals surface area (Å²) >= 11 is 0. The van der Waals surface area contributed by atoms with E-state index in [2.05, 4.69) is 20.8 Å². The summed E-state index contributed by atoms with van der Waals surface area (Å²) in [7, 11) is 1.45. The van der Waals surface area contributed by atoms with Crippen molar-refractivity contribution < 1.29 is 24.5 Å². The summed E-state index contributed by atoms with van der Waals surface area (Å²) in [5.41, 5.74) is 0.141. The van der Waals surface area contributed by atoms with Crippen LogP contribution in [0, 0.1) is 52.3 Å². The summed E-state index contributed by atoms with van der Waals surface area (Å²) in [6.45, 7) is 8.81. The Morgan fingerprint density at radius 1 is 1.06 bits per heavy atom. The molecule has 32 heavy (non-hydrogen) atoms. The van der Waals surface area contributed by atoms with E-state index in [4.69, 9.17) is 4.74 Å². The first kappa shape index (κ1) is 24.2. The van der Waals surface area contributed by atoms with E-state index in [1.807, 2.05) is 0 Å². The predicted octanol–water partition coefficient (Wildman–Crippen LogP) is 4.38. The lowest BCUT2D eigenvalue weighted by atomic mass is 9.41. The van der Waals surface area contributed by atoms with Crippen molar-refractivity contribution in [3.8, 4) is 0 Å². The molecule has 0 saturated heterocycles. The average Bonchev–Trinajstić information content (AvgIpc) is 3.10. The van der Waals surface area contributed by atoms with Crippen LogP contribution in [0.2, 0.25) is 0 Å². The maximum atomic E-state index is 14.0. The molecule has 2 N–H and O–H groups in total. The smallest absolute Gasteiger partial charge is 0.305 e. The normalized spacial score (nSPS) is 47.7. The molecule has 11 atom stereocenters. The lowest BCUT2D eigenvalue weighted by molar-refractivity contribution is -0.181. The number of aliphatic hydroxyl groups is 2. The number of hydrogen-bond donors (Lipinski definition) is 2. The number of carbonyl (C=O) groups is 2. The van der Waals surface area contributed by atoms with E-state index in [0.717, 1.165) is 44.9 Å². The van der Waals surface area contributed by atoms with Crippen molar-refractivity contribution in [2.45, 2.75) is 97.7 Å². The highest BCUT2D eigenvalue weighted by Gasteiger charge is 2.65. The van der Waals surface area contributed by atoms with Gasteiger partial charge >= 0.3 is 5.97 Å². The predicted molar refractivity (Wildman–Crippen MR) is 123 cm³/mol. The van der Waals surface area contributed by atoms with E-state index in [1.165, 1.54) is 7.11 Å². The number of methoxy groups -OCH3 is 1. The van der Waals surface area contributed by atoms with Crippen LogP contribution in [0.5, 0.6) is 0 Å². The second-order valence-electron chi connectivity index (χ2n) is 12.3. The number of fused-ring (bicyclic) bond motifs is 5. The van der Waals surface area contributed by atoms with Crippen LogP contribution in [0.4, 0.5) is 0 Å². The zero-order chi connectivity index (χ0) is 23.4. The standard InChI is InChI=1S/C27H44O5/c1-15(6-9-22(30)32-5)18-7-8-19-24-20(11-13-26(18,19)3)27(4)12-10-17(29)14-21(27)23(16(2)28)25(24)31/h15-21,23-24,28-29H,6-14H2,1-5H3/t15-,16?,17-,18-,19?,20?,21+,23?,24+,26-,27-/m1/s1. The number of carbonyl (C=O) groups excluding carboxylic acids is 2. The Balaban J connectivity index is 1.62. The highest BCUT2D eigenvalue weighted by molar-refractivity contribution is 5.86. The largest absolute Gasteiger partial charge is 0.469 e. The molecule has 0 aromatic heterocycles. The first-order valence-electron chi connectivity index (χ1n) is 13.0. The lowest BCUT2D eigenvalue weighted by Crippen LogP contribution is -2.62. The van der Waals surface area contributed by atoms with Crippen LogP contribution in [0.15, 0.2) is 0 Å². The quantitative estimate of drug-likeness (QED) is 0.610. The topological polar surface area (TPSA) is 83.8 Å². The fourth-order valence-corrected chi connectivity index (χ4v) is 9.26. The highest BCUT2D eigenvalue weighted by Crippen LogP contribution is 2.68. The van der Waals surface area contributed by atoms with Gasteiger partial charge in [-0.05, 0) is 98.7 Å². The van der Waals surface area contributed by atoms with Crippen molar-refractivity contribution in [3.63, 3.8) is 0 Å². The van der Waals surface area contributed by atoms with Crippen LogP contribution in [-0.4, -0.2) is 41.3 Å². The Morgan fingerprint density at radius 2 is 1.72 bits per heavy atom. The van der Waals surface area contributed by atoms with Gasteiger partial charge in [-0.25, -0.2) is 0 Å². The average molecular weight is 449 g/mol. The van der Waals surface area contributed by atoms with E-state index >= 15 is 0 Å². The lowest BCUT2D eigenvalue weighted by Gasteiger charge is -2.62. The maximum Gasteiger partial charge on any atom is 0.305 e. The summed E-state index contributed by atoms with van der Waals surface area (Å²) < 4.78 is 4.86. The molecule has 0 heterocycles. The maximum absolute atomic E-state index is 14.0. The second kappa shape index (κ2) is 8.69. The van der Waals surface area contributed by atoms with Gasteiger partial charge in [0.25, 0.3) is 0 Å². The van der Waals surface area contributed by atoms with Crippen LogP contribution in [0.1, 0.15) is 85.5 Å². The number of ether oxygens (including phenoxy) is 1. The Bertz CT molecular complexity index is 734. The van der Waals surface area contributed by atoms with Gasteiger partial charge in [-0.1, -0.05) is 20.8 Å². The van der Waals surface area contributed by atoms with Gasteiger partial charge in [-0.3, -0.25) is 9.59 Å². The molecule has 0 spiro atoms. The molecule has 0 aromatic rings. The molecule has 182 valence electrons. The molecule has 4 saturated carbocycles. The number of hydrogen-bond acceptors (Lipinski definition) is 5. The molecule has 4 aliphatic rings. The molecule has 4 fully saturated rings. The number of esters is 1. The molecule has 5 nitrogen and oxygen atoms in total. The third-order valence-electron chi connectivity index (χ3n) is 10.9. The van der Waals surface area contributed by atoms with Crippen LogP contribution >= 0.6 is 0 Å². The molecular formula is C27H44O5. The Morgan fingerprint density at radius 3 is 2.38 bits per heavy atom. The van der Waals surface area contributed by atoms with E-state index in [0.29, 0.717) is 36.5 Å². The van der Waals surface area contributed by atoms with Crippen molar-refractivity contribution in [2.24, 2.45) is 52.3 Å². The van der Waals surface area contributed by atoms with E-state index in [1.54, 1.807) is 6.92 Å². The Kier molecular flexibility index (Phi) is 6.57. The third-order valence-corrected chi connectivity index (χ3v) is 10.9. The number of rotatable bonds is 5. The van der Waals surface area contributed by atoms with Gasteiger partial charge in [0.2, 0.25) is 0 Å². The van der Waals surface area contributed by atoms with E-state index < -0.39 is 6.10 Å². The van der Waals surface area contributed by atoms with E-state index in [9.17, 15) is 19.8 Å². The number of ketones is 1. The zero-order valence-corrected chi connectivity index (χ0v) is 20.7. The molecule has 0 bridgehead atoms. The van der Waals surface area contributed by atoms with Gasteiger partial charge in [-0.2, -0.15) is 0 Å². The Labute approximate surface area is 193 Å². The minimum Gasteiger partial charge on any atom is -0.469 e. The number of Topliss-reactive ketones (excluding diaryl/α,β-unsaturated/α-hetero) is 1. The molecule has 0 aliphatic heterocycles. The molecule has 5 heteroatoms. The van der Waals surface area contributed by atoms with Crippen LogP contribution in [0.3, 0.4) is 0 Å². The molecular weight excluding hydrogens is 404 g/mol. The van der Waals surface area contributed by atoms with Gasteiger partial charge < -0.3 is 14.9 Å².